The van der Waals surface area contributed by atoms with E-state index in [1.54, 1.807) is 24.3 Å². The highest BCUT2D eigenvalue weighted by Crippen LogP contribution is 2.51. The summed E-state index contributed by atoms with van der Waals surface area (Å²) in [7, 11) is 3.06. The number of aliphatic carboxylic acids is 1. The first-order valence-electron chi connectivity index (χ1n) is 16.9. The molecule has 4 saturated heterocycles. The minimum atomic E-state index is -0.998. The molecular weight excluding hydrogens is 713 g/mol. The number of pyridine rings is 1. The van der Waals surface area contributed by atoms with Crippen molar-refractivity contribution in [3.8, 4) is 11.5 Å². The third-order valence-corrected chi connectivity index (χ3v) is 12.5. The van der Waals surface area contributed by atoms with E-state index in [2.05, 4.69) is 9.80 Å². The van der Waals surface area contributed by atoms with E-state index in [-0.39, 0.29) is 28.4 Å². The second-order valence-electron chi connectivity index (χ2n) is 13.6. The second kappa shape index (κ2) is 14.6. The highest BCUT2D eigenvalue weighted by molar-refractivity contribution is 7.13. The standard InChI is InChI=1S/C38H39Cl2N3O7S/c1-48-31-10-8-24(16-33(31)49-2)32(17-27-29(39)20-43(47)21-30(27)40)50-36(44)34-11-9-26(51-34)18-42-22-38(37(45)46,25-6-4-3-5-7-25)35(42)28-19-41-14-12-23(28)13-15-41/h3-11,16,20-21,23,28,32,35H,12-15,17-19,22H2,1-2H3,(H,45,46)/t28-,32-,35?,38?/m0/s1. The van der Waals surface area contributed by atoms with Gasteiger partial charge in [-0.3, -0.25) is 9.69 Å². The van der Waals surface area contributed by atoms with Crippen LogP contribution >= 0.6 is 34.5 Å². The maximum Gasteiger partial charge on any atom is 0.348 e. The lowest BCUT2D eigenvalue weighted by Gasteiger charge is -2.62. The zero-order chi connectivity index (χ0) is 35.9. The van der Waals surface area contributed by atoms with Crippen LogP contribution in [0.2, 0.25) is 10.0 Å². The Morgan fingerprint density at radius 1 is 1.02 bits per heavy atom. The number of rotatable bonds is 12. The molecule has 8 rings (SSSR count). The van der Waals surface area contributed by atoms with E-state index in [1.165, 1.54) is 38.0 Å². The lowest BCUT2D eigenvalue weighted by molar-refractivity contribution is -0.605. The number of hydrogen-bond donors (Lipinski definition) is 1. The van der Waals surface area contributed by atoms with Crippen molar-refractivity contribution in [3.05, 3.63) is 115 Å². The van der Waals surface area contributed by atoms with Crippen molar-refractivity contribution in [3.63, 3.8) is 0 Å². The van der Waals surface area contributed by atoms with Crippen molar-refractivity contribution < 1.29 is 33.6 Å². The average Bonchev–Trinajstić information content (AvgIpc) is 3.60. The highest BCUT2D eigenvalue weighted by atomic mass is 35.5. The molecule has 13 heteroatoms. The predicted octanol–water partition coefficient (Wildman–Crippen LogP) is 6.39. The number of benzene rings is 2. The summed E-state index contributed by atoms with van der Waals surface area (Å²) < 4.78 is 17.6. The number of esters is 1. The van der Waals surface area contributed by atoms with Gasteiger partial charge in [-0.25, -0.2) is 4.79 Å². The Bertz CT molecular complexity index is 1900. The van der Waals surface area contributed by atoms with Crippen molar-refractivity contribution in [1.29, 1.82) is 0 Å². The van der Waals surface area contributed by atoms with Crippen LogP contribution in [0.15, 0.2) is 73.1 Å². The smallest absolute Gasteiger partial charge is 0.348 e. The minimum absolute atomic E-state index is 0.101. The van der Waals surface area contributed by atoms with Crippen molar-refractivity contribution in [2.45, 2.75) is 43.4 Å². The van der Waals surface area contributed by atoms with Crippen LogP contribution in [0.4, 0.5) is 0 Å². The van der Waals surface area contributed by atoms with E-state index in [0.29, 0.717) is 51.2 Å². The number of ether oxygens (including phenoxy) is 3. The van der Waals surface area contributed by atoms with Gasteiger partial charge in [-0.2, -0.15) is 4.73 Å². The number of thiophene rings is 1. The Morgan fingerprint density at radius 2 is 1.73 bits per heavy atom. The van der Waals surface area contributed by atoms with Crippen LogP contribution in [-0.4, -0.2) is 73.3 Å². The lowest BCUT2D eigenvalue weighted by Crippen LogP contribution is -2.75. The molecule has 0 amide bonds. The molecule has 4 aromatic rings. The molecule has 0 aliphatic carbocycles. The number of nitrogens with zero attached hydrogens (tertiary/aromatic N) is 3. The van der Waals surface area contributed by atoms with Gasteiger partial charge in [-0.15, -0.1) is 11.3 Å². The molecule has 2 unspecified atom stereocenters. The highest BCUT2D eigenvalue weighted by Gasteiger charge is 2.63. The molecule has 51 heavy (non-hydrogen) atoms. The molecule has 6 heterocycles. The van der Waals surface area contributed by atoms with Gasteiger partial charge in [-0.1, -0.05) is 59.6 Å². The van der Waals surface area contributed by atoms with Crippen LogP contribution < -0.4 is 14.2 Å². The number of carboxylic acid groups (broad SMARTS) is 1. The molecular formula is C38H39Cl2N3O7S. The van der Waals surface area contributed by atoms with Gasteiger partial charge in [0.25, 0.3) is 0 Å². The van der Waals surface area contributed by atoms with Crippen molar-refractivity contribution >= 4 is 46.5 Å². The van der Waals surface area contributed by atoms with Gasteiger partial charge in [0.15, 0.2) is 23.9 Å². The molecule has 0 spiro atoms. The fraction of sp³-hybridized carbons (Fsp3) is 0.395. The van der Waals surface area contributed by atoms with Crippen LogP contribution in [0.5, 0.6) is 11.5 Å². The maximum atomic E-state index is 13.8. The summed E-state index contributed by atoms with van der Waals surface area (Å²) in [5.74, 6) is 0.368. The van der Waals surface area contributed by atoms with Gasteiger partial charge < -0.3 is 29.4 Å². The van der Waals surface area contributed by atoms with Gasteiger partial charge in [0.1, 0.15) is 26.4 Å². The zero-order valence-electron chi connectivity index (χ0n) is 28.3. The number of methoxy groups -OCH3 is 2. The van der Waals surface area contributed by atoms with Crippen molar-refractivity contribution in [2.75, 3.05) is 40.4 Å². The summed E-state index contributed by atoms with van der Waals surface area (Å²) in [5, 5.41) is 23.0. The monoisotopic (exact) mass is 751 g/mol. The fourth-order valence-corrected chi connectivity index (χ4v) is 9.85. The maximum absolute atomic E-state index is 13.8. The number of halogens is 2. The molecule has 10 nitrogen and oxygen atoms in total. The first kappa shape index (κ1) is 35.5. The molecule has 2 aromatic heterocycles. The summed E-state index contributed by atoms with van der Waals surface area (Å²) in [6.45, 7) is 3.96. The Balaban J connectivity index is 1.14. The SMILES string of the molecule is COc1ccc([C@H](Cc2c(Cl)c[n+]([O-])cc2Cl)OC(=O)c2ccc(CN3CC(C(=O)O)(c4ccccc4)C3[C@H]3CN4CCC3CC4)s2)cc1OC. The quantitative estimate of drug-likeness (QED) is 0.0999. The Morgan fingerprint density at radius 3 is 2.35 bits per heavy atom. The Kier molecular flexibility index (Phi) is 10.2. The molecule has 4 aliphatic rings. The zero-order valence-corrected chi connectivity index (χ0v) is 30.6. The number of carboxylic acids is 1. The third-order valence-electron chi connectivity index (χ3n) is 10.8. The van der Waals surface area contributed by atoms with Gasteiger partial charge in [0, 0.05) is 42.5 Å². The molecule has 4 fully saturated rings. The van der Waals surface area contributed by atoms with Crippen LogP contribution in [-0.2, 0) is 27.9 Å². The number of hydrogen-bond acceptors (Lipinski definition) is 9. The number of piperidine rings is 3. The van der Waals surface area contributed by atoms with Gasteiger partial charge in [-0.05, 0) is 73.2 Å². The fourth-order valence-electron chi connectivity index (χ4n) is 8.34. The largest absolute Gasteiger partial charge is 0.619 e. The van der Waals surface area contributed by atoms with Gasteiger partial charge in [0.2, 0.25) is 0 Å². The second-order valence-corrected chi connectivity index (χ2v) is 15.5. The van der Waals surface area contributed by atoms with E-state index >= 15 is 0 Å². The van der Waals surface area contributed by atoms with Gasteiger partial charge >= 0.3 is 11.9 Å². The number of carbonyl (C=O) groups is 2. The molecule has 0 saturated carbocycles. The third kappa shape index (κ3) is 6.78. The first-order chi connectivity index (χ1) is 24.6. The van der Waals surface area contributed by atoms with E-state index in [9.17, 15) is 19.9 Å². The topological polar surface area (TPSA) is 115 Å². The molecule has 268 valence electrons. The van der Waals surface area contributed by atoms with Crippen molar-refractivity contribution in [2.24, 2.45) is 11.8 Å². The van der Waals surface area contributed by atoms with Crippen LogP contribution in [0.3, 0.4) is 0 Å². The Labute approximate surface area is 310 Å². The summed E-state index contributed by atoms with van der Waals surface area (Å²) in [6.07, 6.45) is 3.86. The van der Waals surface area contributed by atoms with Crippen LogP contribution in [0.1, 0.15) is 50.2 Å². The van der Waals surface area contributed by atoms with E-state index in [1.807, 2.05) is 36.4 Å². The molecule has 4 atom stereocenters. The summed E-state index contributed by atoms with van der Waals surface area (Å²) in [5.41, 5.74) is 0.926. The van der Waals surface area contributed by atoms with E-state index in [0.717, 1.165) is 42.9 Å². The predicted molar refractivity (Wildman–Crippen MR) is 194 cm³/mol. The normalized spacial score (nSPS) is 24.8. The van der Waals surface area contributed by atoms with E-state index in [4.69, 9.17) is 37.4 Å². The summed E-state index contributed by atoms with van der Waals surface area (Å²) in [4.78, 5) is 33.1. The van der Waals surface area contributed by atoms with Crippen molar-refractivity contribution in [1.82, 2.24) is 9.80 Å². The molecule has 0 radical (unpaired) electrons. The number of aromatic nitrogens is 1. The summed E-state index contributed by atoms with van der Waals surface area (Å²) >= 11 is 14.2. The average molecular weight is 753 g/mol. The molecule has 2 bridgehead atoms. The Hall–Kier alpha value is -3.87. The number of fused-ring (bicyclic) bond motifs is 3. The van der Waals surface area contributed by atoms with Crippen LogP contribution in [0, 0.1) is 17.0 Å². The molecule has 4 aliphatic heterocycles. The van der Waals surface area contributed by atoms with Crippen LogP contribution in [0.25, 0.3) is 0 Å². The molecule has 1 N–H and O–H groups in total. The summed E-state index contributed by atoms with van der Waals surface area (Å²) in [6, 6.07) is 18.4. The number of carbonyl (C=O) groups excluding carboxylic acids is 1. The van der Waals surface area contributed by atoms with E-state index < -0.39 is 23.5 Å². The molecule has 2 aromatic carbocycles. The van der Waals surface area contributed by atoms with Gasteiger partial charge in [0.05, 0.1) is 14.2 Å². The lowest BCUT2D eigenvalue weighted by atomic mass is 9.58. The first-order valence-corrected chi connectivity index (χ1v) is 18.5. The number of likely N-dealkylation sites (tertiary alicyclic amines) is 1. The minimum Gasteiger partial charge on any atom is -0.619 e.